The van der Waals surface area contributed by atoms with E-state index in [0.29, 0.717) is 11.3 Å². The Morgan fingerprint density at radius 2 is 2.04 bits per heavy atom. The minimum absolute atomic E-state index is 0.229. The molecule has 1 heterocycles. The molecule has 10 heteroatoms. The van der Waals surface area contributed by atoms with Crippen molar-refractivity contribution in [2.45, 2.75) is 17.7 Å². The van der Waals surface area contributed by atoms with Crippen LogP contribution in [-0.4, -0.2) is 27.8 Å². The van der Waals surface area contributed by atoms with E-state index in [4.69, 9.17) is 27.9 Å². The lowest BCUT2D eigenvalue weighted by molar-refractivity contribution is -0.152. The van der Waals surface area contributed by atoms with Crippen molar-refractivity contribution in [3.8, 4) is 11.3 Å². The lowest BCUT2D eigenvalue weighted by atomic mass is 10.1. The normalized spacial score (nSPS) is 20.5. The SMILES string of the molecule is C[C@]1(C(=O)OCC(=O)Nc2nc(-c3ccc(F)c(F)c3)cs2)CC1(Cl)Cl. The number of halogens is 4. The molecule has 1 aromatic carbocycles. The molecule has 0 saturated heterocycles. The third kappa shape index (κ3) is 3.67. The number of nitrogens with zero attached hydrogens (tertiary/aromatic N) is 1. The van der Waals surface area contributed by atoms with Gasteiger partial charge in [0.05, 0.1) is 5.69 Å². The molecule has 26 heavy (non-hydrogen) atoms. The molecule has 0 radical (unpaired) electrons. The van der Waals surface area contributed by atoms with E-state index in [0.717, 1.165) is 23.5 Å². The topological polar surface area (TPSA) is 68.3 Å². The molecule has 2 aromatic rings. The standard InChI is InChI=1S/C16H12Cl2F2N2O3S/c1-15(7-16(15,17)18)13(24)25-5-12(23)22-14-21-11(6-26-14)8-2-3-9(19)10(20)4-8/h2-4,6H,5,7H2,1H3,(H,21,22,23)/t15-/m1/s1. The van der Waals surface area contributed by atoms with Crippen LogP contribution in [0.15, 0.2) is 23.6 Å². The van der Waals surface area contributed by atoms with Gasteiger partial charge < -0.3 is 4.74 Å². The molecular formula is C16H12Cl2F2N2O3S. The average molecular weight is 421 g/mol. The second kappa shape index (κ2) is 6.75. The zero-order valence-corrected chi connectivity index (χ0v) is 15.6. The van der Waals surface area contributed by atoms with Gasteiger partial charge in [-0.3, -0.25) is 14.9 Å². The Morgan fingerprint density at radius 3 is 2.65 bits per heavy atom. The highest BCUT2D eigenvalue weighted by atomic mass is 35.5. The zero-order chi connectivity index (χ0) is 19.1. The van der Waals surface area contributed by atoms with Crippen LogP contribution >= 0.6 is 34.5 Å². The van der Waals surface area contributed by atoms with E-state index in [1.54, 1.807) is 12.3 Å². The van der Waals surface area contributed by atoms with Crippen LogP contribution in [0.5, 0.6) is 0 Å². The second-order valence-electron chi connectivity index (χ2n) is 6.00. The van der Waals surface area contributed by atoms with E-state index in [1.165, 1.54) is 6.07 Å². The zero-order valence-electron chi connectivity index (χ0n) is 13.3. The van der Waals surface area contributed by atoms with Crippen molar-refractivity contribution < 1.29 is 23.1 Å². The number of benzene rings is 1. The molecule has 1 atom stereocenters. The van der Waals surface area contributed by atoms with Gasteiger partial charge in [-0.05, 0) is 25.1 Å². The minimum atomic E-state index is -1.17. The highest BCUT2D eigenvalue weighted by Crippen LogP contribution is 2.64. The Morgan fingerprint density at radius 1 is 1.35 bits per heavy atom. The first-order valence-electron chi connectivity index (χ1n) is 7.38. The maximum atomic E-state index is 13.3. The molecular weight excluding hydrogens is 409 g/mol. The fourth-order valence-corrected chi connectivity index (χ4v) is 3.61. The summed E-state index contributed by atoms with van der Waals surface area (Å²) in [5.41, 5.74) is -0.271. The number of carbonyl (C=O) groups is 2. The van der Waals surface area contributed by atoms with Gasteiger partial charge in [0.2, 0.25) is 0 Å². The molecule has 1 N–H and O–H groups in total. The molecule has 1 amide bonds. The fourth-order valence-electron chi connectivity index (χ4n) is 2.19. The van der Waals surface area contributed by atoms with Gasteiger partial charge in [0.25, 0.3) is 5.91 Å². The van der Waals surface area contributed by atoms with Gasteiger partial charge in [0, 0.05) is 17.4 Å². The molecule has 0 aliphatic heterocycles. The van der Waals surface area contributed by atoms with Gasteiger partial charge in [0.15, 0.2) is 23.4 Å². The van der Waals surface area contributed by atoms with Crippen LogP contribution in [-0.2, 0) is 14.3 Å². The number of esters is 1. The summed E-state index contributed by atoms with van der Waals surface area (Å²) in [5.74, 6) is -3.19. The van der Waals surface area contributed by atoms with Crippen LogP contribution in [0.4, 0.5) is 13.9 Å². The molecule has 0 bridgehead atoms. The Hall–Kier alpha value is -1.77. The Bertz CT molecular complexity index is 890. The van der Waals surface area contributed by atoms with Gasteiger partial charge in [0.1, 0.15) is 9.75 Å². The van der Waals surface area contributed by atoms with E-state index >= 15 is 0 Å². The summed E-state index contributed by atoms with van der Waals surface area (Å²) in [6.45, 7) is 1.04. The molecule has 0 spiro atoms. The van der Waals surface area contributed by atoms with Crippen LogP contribution in [0.1, 0.15) is 13.3 Å². The van der Waals surface area contributed by atoms with Crippen molar-refractivity contribution in [2.75, 3.05) is 11.9 Å². The molecule has 138 valence electrons. The van der Waals surface area contributed by atoms with E-state index < -0.39 is 39.9 Å². The number of nitrogens with one attached hydrogen (secondary N) is 1. The second-order valence-corrected chi connectivity index (χ2v) is 8.35. The highest BCUT2D eigenvalue weighted by Gasteiger charge is 2.69. The van der Waals surface area contributed by atoms with Gasteiger partial charge in [-0.2, -0.15) is 0 Å². The number of ether oxygens (including phenoxy) is 1. The lowest BCUT2D eigenvalue weighted by Crippen LogP contribution is -2.26. The van der Waals surface area contributed by atoms with Crippen molar-refractivity contribution in [1.29, 1.82) is 0 Å². The summed E-state index contributed by atoms with van der Waals surface area (Å²) in [5, 5.41) is 4.27. The van der Waals surface area contributed by atoms with Crippen molar-refractivity contribution in [3.05, 3.63) is 35.2 Å². The average Bonchev–Trinajstić information content (AvgIpc) is 2.91. The summed E-state index contributed by atoms with van der Waals surface area (Å²) in [6.07, 6.45) is 0.258. The van der Waals surface area contributed by atoms with Gasteiger partial charge in [-0.15, -0.1) is 34.5 Å². The molecule has 1 saturated carbocycles. The predicted molar refractivity (Wildman–Crippen MR) is 94.2 cm³/mol. The Kier molecular flexibility index (Phi) is 4.94. The molecule has 1 aliphatic rings. The maximum Gasteiger partial charge on any atom is 0.315 e. The number of carbonyl (C=O) groups excluding carboxylic acids is 2. The number of hydrogen-bond donors (Lipinski definition) is 1. The molecule has 1 fully saturated rings. The van der Waals surface area contributed by atoms with Crippen LogP contribution in [0.2, 0.25) is 0 Å². The summed E-state index contributed by atoms with van der Waals surface area (Å²) in [4.78, 5) is 27.9. The Labute approximate surface area is 161 Å². The van der Waals surface area contributed by atoms with E-state index in [-0.39, 0.29) is 11.6 Å². The number of hydrogen-bond acceptors (Lipinski definition) is 5. The van der Waals surface area contributed by atoms with E-state index in [1.807, 2.05) is 0 Å². The number of anilines is 1. The van der Waals surface area contributed by atoms with Crippen LogP contribution in [0, 0.1) is 17.0 Å². The lowest BCUT2D eigenvalue weighted by Gasteiger charge is -2.11. The largest absolute Gasteiger partial charge is 0.455 e. The van der Waals surface area contributed by atoms with Crippen molar-refractivity contribution >= 4 is 51.5 Å². The van der Waals surface area contributed by atoms with Crippen molar-refractivity contribution in [3.63, 3.8) is 0 Å². The Balaban J connectivity index is 1.56. The summed E-state index contributed by atoms with van der Waals surface area (Å²) in [7, 11) is 0. The number of rotatable bonds is 5. The monoisotopic (exact) mass is 420 g/mol. The van der Waals surface area contributed by atoms with Gasteiger partial charge in [-0.1, -0.05) is 0 Å². The highest BCUT2D eigenvalue weighted by molar-refractivity contribution is 7.14. The first kappa shape index (κ1) is 19.0. The number of aromatic nitrogens is 1. The molecule has 0 unspecified atom stereocenters. The number of amides is 1. The molecule has 1 aromatic heterocycles. The van der Waals surface area contributed by atoms with E-state index in [9.17, 15) is 18.4 Å². The quantitative estimate of drug-likeness (QED) is 0.582. The van der Waals surface area contributed by atoms with Gasteiger partial charge in [-0.25, -0.2) is 13.8 Å². The third-order valence-corrected chi connectivity index (χ3v) is 5.87. The van der Waals surface area contributed by atoms with Crippen LogP contribution < -0.4 is 5.32 Å². The number of thiazole rings is 1. The van der Waals surface area contributed by atoms with Crippen molar-refractivity contribution in [1.82, 2.24) is 4.98 Å². The van der Waals surface area contributed by atoms with Crippen LogP contribution in [0.3, 0.4) is 0 Å². The van der Waals surface area contributed by atoms with Crippen LogP contribution in [0.25, 0.3) is 11.3 Å². The maximum absolute atomic E-state index is 13.3. The van der Waals surface area contributed by atoms with Crippen molar-refractivity contribution in [2.24, 2.45) is 5.41 Å². The smallest absolute Gasteiger partial charge is 0.315 e. The summed E-state index contributed by atoms with van der Waals surface area (Å²) >= 11 is 12.8. The first-order valence-corrected chi connectivity index (χ1v) is 9.02. The summed E-state index contributed by atoms with van der Waals surface area (Å²) in [6, 6.07) is 3.38. The first-order chi connectivity index (χ1) is 12.1. The minimum Gasteiger partial charge on any atom is -0.455 e. The predicted octanol–water partition coefficient (Wildman–Crippen LogP) is 4.15. The summed E-state index contributed by atoms with van der Waals surface area (Å²) < 4.78 is 30.0. The third-order valence-electron chi connectivity index (χ3n) is 4.01. The molecule has 3 rings (SSSR count). The molecule has 1 aliphatic carbocycles. The molecule has 5 nitrogen and oxygen atoms in total. The fraction of sp³-hybridized carbons (Fsp3) is 0.312. The van der Waals surface area contributed by atoms with E-state index in [2.05, 4.69) is 10.3 Å². The van der Waals surface area contributed by atoms with Gasteiger partial charge >= 0.3 is 5.97 Å². The number of alkyl halides is 2.